The number of anilines is 2. The molecule has 0 aliphatic carbocycles. The lowest BCUT2D eigenvalue weighted by molar-refractivity contribution is 0.143. The van der Waals surface area contributed by atoms with Gasteiger partial charge in [-0.25, -0.2) is 9.59 Å². The van der Waals surface area contributed by atoms with Gasteiger partial charge < -0.3 is 15.0 Å². The molecule has 2 aromatic rings. The Labute approximate surface area is 171 Å². The molecule has 1 aromatic carbocycles. The van der Waals surface area contributed by atoms with Crippen molar-refractivity contribution < 1.29 is 14.3 Å². The zero-order valence-corrected chi connectivity index (χ0v) is 17.4. The summed E-state index contributed by atoms with van der Waals surface area (Å²) in [6.45, 7) is 7.23. The number of amides is 3. The van der Waals surface area contributed by atoms with Crippen LogP contribution in [0.15, 0.2) is 48.7 Å². The second-order valence-electron chi connectivity index (χ2n) is 8.26. The summed E-state index contributed by atoms with van der Waals surface area (Å²) in [6, 6.07) is 12.8. The molecule has 1 aliphatic heterocycles. The maximum absolute atomic E-state index is 13.0. The molecule has 2 heterocycles. The highest BCUT2D eigenvalue weighted by Gasteiger charge is 2.32. The van der Waals surface area contributed by atoms with E-state index in [4.69, 9.17) is 4.74 Å². The minimum absolute atomic E-state index is 0.0471. The van der Waals surface area contributed by atoms with Crippen molar-refractivity contribution >= 4 is 23.5 Å². The monoisotopic (exact) mass is 396 g/mol. The number of pyridine rings is 1. The second-order valence-corrected chi connectivity index (χ2v) is 8.26. The van der Waals surface area contributed by atoms with E-state index in [9.17, 15) is 9.59 Å². The van der Waals surface area contributed by atoms with Crippen LogP contribution >= 0.6 is 0 Å². The van der Waals surface area contributed by atoms with Crippen molar-refractivity contribution in [2.75, 3.05) is 30.4 Å². The van der Waals surface area contributed by atoms with E-state index >= 15 is 0 Å². The third kappa shape index (κ3) is 5.04. The first kappa shape index (κ1) is 20.6. The molecule has 1 aromatic heterocycles. The lowest BCUT2D eigenvalue weighted by atomic mass is 9.83. The van der Waals surface area contributed by atoms with Gasteiger partial charge in [0.1, 0.15) is 6.61 Å². The molecule has 1 N–H and O–H groups in total. The van der Waals surface area contributed by atoms with Gasteiger partial charge in [-0.1, -0.05) is 32.9 Å². The fourth-order valence-corrected chi connectivity index (χ4v) is 3.47. The van der Waals surface area contributed by atoms with Gasteiger partial charge in [0.2, 0.25) is 0 Å². The number of cyclic esters (lactones) is 1. The summed E-state index contributed by atoms with van der Waals surface area (Å²) >= 11 is 0. The Morgan fingerprint density at radius 1 is 1.28 bits per heavy atom. The van der Waals surface area contributed by atoms with Gasteiger partial charge in [0, 0.05) is 42.8 Å². The summed E-state index contributed by atoms with van der Waals surface area (Å²) in [5, 5.41) is 2.95. The molecular formula is C22H28N4O3. The molecule has 0 spiro atoms. The van der Waals surface area contributed by atoms with E-state index in [2.05, 4.69) is 31.1 Å². The summed E-state index contributed by atoms with van der Waals surface area (Å²) < 4.78 is 4.99. The van der Waals surface area contributed by atoms with E-state index in [0.29, 0.717) is 30.9 Å². The van der Waals surface area contributed by atoms with Crippen LogP contribution in [0.5, 0.6) is 0 Å². The van der Waals surface area contributed by atoms with E-state index < -0.39 is 0 Å². The second kappa shape index (κ2) is 8.51. The minimum atomic E-state index is -0.367. The number of rotatable bonds is 5. The molecule has 7 nitrogen and oxygen atoms in total. The van der Waals surface area contributed by atoms with Crippen LogP contribution in [0.3, 0.4) is 0 Å². The zero-order chi connectivity index (χ0) is 21.0. The highest BCUT2D eigenvalue weighted by molar-refractivity contribution is 5.93. The van der Waals surface area contributed by atoms with Crippen molar-refractivity contribution in [3.63, 3.8) is 0 Å². The summed E-state index contributed by atoms with van der Waals surface area (Å²) in [7, 11) is 1.80. The Morgan fingerprint density at radius 2 is 2.07 bits per heavy atom. The predicted molar refractivity (Wildman–Crippen MR) is 113 cm³/mol. The fourth-order valence-electron chi connectivity index (χ4n) is 3.47. The maximum Gasteiger partial charge on any atom is 0.414 e. The third-order valence-electron chi connectivity index (χ3n) is 5.09. The van der Waals surface area contributed by atoms with Gasteiger partial charge in [-0.3, -0.25) is 9.88 Å². The molecule has 7 heteroatoms. The number of ether oxygens (including phenoxy) is 1. The number of benzene rings is 1. The van der Waals surface area contributed by atoms with Crippen molar-refractivity contribution in [1.82, 2.24) is 9.88 Å². The molecule has 1 fully saturated rings. The molecule has 0 radical (unpaired) electrons. The highest BCUT2D eigenvalue weighted by Crippen LogP contribution is 2.28. The van der Waals surface area contributed by atoms with Crippen LogP contribution in [0.4, 0.5) is 21.0 Å². The van der Waals surface area contributed by atoms with Crippen LogP contribution in [0.25, 0.3) is 0 Å². The highest BCUT2D eigenvalue weighted by atomic mass is 16.6. The Hall–Kier alpha value is -3.09. The Bertz CT molecular complexity index is 864. The maximum atomic E-state index is 13.0. The number of carbonyl (C=O) groups excluding carboxylic acids is 2. The first-order chi connectivity index (χ1) is 13.8. The van der Waals surface area contributed by atoms with Gasteiger partial charge in [-0.2, -0.15) is 0 Å². The number of aromatic nitrogens is 1. The van der Waals surface area contributed by atoms with E-state index in [1.807, 2.05) is 36.4 Å². The van der Waals surface area contributed by atoms with Crippen LogP contribution in [0.2, 0.25) is 0 Å². The SMILES string of the molecule is CN(C(=O)Nc1cccc(N2CCOC2=O)c1)[C@@H](Cc1ccccn1)C(C)(C)C. The summed E-state index contributed by atoms with van der Waals surface area (Å²) in [5.74, 6) is 0. The first-order valence-electron chi connectivity index (χ1n) is 9.74. The van der Waals surface area contributed by atoms with Gasteiger partial charge in [0.25, 0.3) is 0 Å². The molecule has 1 atom stereocenters. The van der Waals surface area contributed by atoms with Crippen molar-refractivity contribution in [2.45, 2.75) is 33.2 Å². The standard InChI is InChI=1S/C22H28N4O3/c1-22(2,3)19(15-16-8-5-6-11-23-16)25(4)20(27)24-17-9-7-10-18(14-17)26-12-13-29-21(26)28/h5-11,14,19H,12-13,15H2,1-4H3,(H,24,27)/t19-/m0/s1. The lowest BCUT2D eigenvalue weighted by Gasteiger charge is -2.38. The number of hydrogen-bond acceptors (Lipinski definition) is 4. The Morgan fingerprint density at radius 3 is 2.69 bits per heavy atom. The van der Waals surface area contributed by atoms with Crippen molar-refractivity contribution in [3.8, 4) is 0 Å². The van der Waals surface area contributed by atoms with Crippen molar-refractivity contribution in [1.29, 1.82) is 0 Å². The van der Waals surface area contributed by atoms with Crippen LogP contribution < -0.4 is 10.2 Å². The molecule has 3 rings (SSSR count). The number of hydrogen-bond donors (Lipinski definition) is 1. The van der Waals surface area contributed by atoms with Gasteiger partial charge in [-0.15, -0.1) is 0 Å². The smallest absolute Gasteiger partial charge is 0.414 e. The summed E-state index contributed by atoms with van der Waals surface area (Å²) in [4.78, 5) is 32.5. The normalized spacial score (nSPS) is 15.0. The molecule has 3 amide bonds. The third-order valence-corrected chi connectivity index (χ3v) is 5.09. The average Bonchev–Trinajstić information content (AvgIpc) is 3.11. The number of nitrogens with one attached hydrogen (secondary N) is 1. The molecule has 0 unspecified atom stereocenters. The topological polar surface area (TPSA) is 74.8 Å². The van der Waals surface area contributed by atoms with Gasteiger partial charge in [0.15, 0.2) is 0 Å². The number of carbonyl (C=O) groups is 2. The molecule has 1 aliphatic rings. The lowest BCUT2D eigenvalue weighted by Crippen LogP contribution is -2.48. The summed E-state index contributed by atoms with van der Waals surface area (Å²) in [5.41, 5.74) is 2.14. The molecule has 1 saturated heterocycles. The Balaban J connectivity index is 1.73. The summed E-state index contributed by atoms with van der Waals surface area (Å²) in [6.07, 6.45) is 2.06. The van der Waals surface area contributed by atoms with Gasteiger partial charge in [0.05, 0.1) is 6.54 Å². The largest absolute Gasteiger partial charge is 0.447 e. The molecule has 29 heavy (non-hydrogen) atoms. The van der Waals surface area contributed by atoms with Gasteiger partial charge in [-0.05, 0) is 35.7 Å². The molecule has 0 saturated carbocycles. The Kier molecular flexibility index (Phi) is 6.06. The van der Waals surface area contributed by atoms with Crippen LogP contribution in [-0.2, 0) is 11.2 Å². The molecule has 0 bridgehead atoms. The van der Waals surface area contributed by atoms with E-state index in [0.717, 1.165) is 5.69 Å². The zero-order valence-electron chi connectivity index (χ0n) is 17.4. The van der Waals surface area contributed by atoms with E-state index in [-0.39, 0.29) is 23.6 Å². The number of likely N-dealkylation sites (N-methyl/N-ethyl adjacent to an activating group) is 1. The quantitative estimate of drug-likeness (QED) is 0.823. The van der Waals surface area contributed by atoms with E-state index in [1.165, 1.54) is 0 Å². The van der Waals surface area contributed by atoms with Crippen LogP contribution in [0, 0.1) is 5.41 Å². The molecular weight excluding hydrogens is 368 g/mol. The van der Waals surface area contributed by atoms with E-state index in [1.54, 1.807) is 29.1 Å². The average molecular weight is 396 g/mol. The van der Waals surface area contributed by atoms with Crippen LogP contribution in [-0.4, -0.2) is 48.2 Å². The fraction of sp³-hybridized carbons (Fsp3) is 0.409. The molecule has 154 valence electrons. The minimum Gasteiger partial charge on any atom is -0.447 e. The first-order valence-corrected chi connectivity index (χ1v) is 9.74. The number of urea groups is 1. The number of nitrogens with zero attached hydrogens (tertiary/aromatic N) is 3. The van der Waals surface area contributed by atoms with Crippen molar-refractivity contribution in [3.05, 3.63) is 54.4 Å². The van der Waals surface area contributed by atoms with Crippen molar-refractivity contribution in [2.24, 2.45) is 5.41 Å². The predicted octanol–water partition coefficient (Wildman–Crippen LogP) is 4.16. The van der Waals surface area contributed by atoms with Gasteiger partial charge >= 0.3 is 12.1 Å². The van der Waals surface area contributed by atoms with Crippen LogP contribution in [0.1, 0.15) is 26.5 Å².